The van der Waals surface area contributed by atoms with Crippen molar-refractivity contribution >= 4 is 34.0 Å². The number of halogens is 3. The molecule has 6 heteroatoms. The lowest BCUT2D eigenvalue weighted by Gasteiger charge is -2.11. The lowest BCUT2D eigenvalue weighted by Crippen LogP contribution is -2.14. The number of benzene rings is 5. The van der Waals surface area contributed by atoms with Gasteiger partial charge in [-0.25, -0.2) is 0 Å². The third-order valence-corrected chi connectivity index (χ3v) is 7.39. The molecule has 1 N–H and O–H groups in total. The molecular formula is C36H25F3O3. The molecule has 0 saturated carbocycles. The van der Waals surface area contributed by atoms with E-state index in [1.165, 1.54) is 18.2 Å². The van der Waals surface area contributed by atoms with Crippen molar-refractivity contribution in [1.29, 1.82) is 0 Å². The molecule has 0 aliphatic heterocycles. The number of para-hydroxylation sites is 2. The minimum Gasteiger partial charge on any atom is -0.481 e. The van der Waals surface area contributed by atoms with E-state index in [9.17, 15) is 23.1 Å². The second-order valence-corrected chi connectivity index (χ2v) is 10.2. The van der Waals surface area contributed by atoms with Crippen molar-refractivity contribution in [3.63, 3.8) is 0 Å². The van der Waals surface area contributed by atoms with E-state index in [0.29, 0.717) is 5.56 Å². The molecule has 1 atom stereocenters. The highest BCUT2D eigenvalue weighted by Gasteiger charge is 2.30. The average molecular weight is 563 g/mol. The van der Waals surface area contributed by atoms with Crippen molar-refractivity contribution in [1.82, 2.24) is 0 Å². The van der Waals surface area contributed by atoms with Gasteiger partial charge in [-0.15, -0.1) is 0 Å². The number of hydrogen-bond donors (Lipinski definition) is 1. The fourth-order valence-corrected chi connectivity index (χ4v) is 5.20. The lowest BCUT2D eigenvalue weighted by molar-refractivity contribution is -0.140. The van der Waals surface area contributed by atoms with Gasteiger partial charge >= 0.3 is 12.1 Å². The molecule has 0 radical (unpaired) electrons. The number of carboxylic acids is 1. The Morgan fingerprint density at radius 3 is 2.12 bits per heavy atom. The molecule has 0 amide bonds. The largest absolute Gasteiger partial charge is 0.481 e. The van der Waals surface area contributed by atoms with E-state index in [2.05, 4.69) is 42.5 Å². The number of rotatable bonds is 7. The van der Waals surface area contributed by atoms with E-state index in [4.69, 9.17) is 4.42 Å². The van der Waals surface area contributed by atoms with Crippen molar-refractivity contribution in [2.45, 2.75) is 12.6 Å². The van der Waals surface area contributed by atoms with Gasteiger partial charge < -0.3 is 9.52 Å². The van der Waals surface area contributed by atoms with Crippen LogP contribution in [0.15, 0.2) is 126 Å². The van der Waals surface area contributed by atoms with Crippen LogP contribution in [0, 0.1) is 5.92 Å². The van der Waals surface area contributed by atoms with E-state index >= 15 is 0 Å². The highest BCUT2D eigenvalue weighted by molar-refractivity contribution is 6.09. The Balaban J connectivity index is 1.18. The van der Waals surface area contributed by atoms with Crippen LogP contribution >= 0.6 is 0 Å². The highest BCUT2D eigenvalue weighted by atomic mass is 19.4. The number of furan rings is 1. The van der Waals surface area contributed by atoms with Crippen LogP contribution in [0.5, 0.6) is 0 Å². The molecule has 0 aliphatic rings. The first-order chi connectivity index (χ1) is 20.3. The fourth-order valence-electron chi connectivity index (χ4n) is 5.20. The molecule has 1 heterocycles. The van der Waals surface area contributed by atoms with Crippen LogP contribution in [0.1, 0.15) is 16.7 Å². The first-order valence-corrected chi connectivity index (χ1v) is 13.4. The topological polar surface area (TPSA) is 50.4 Å². The first kappa shape index (κ1) is 27.1. The van der Waals surface area contributed by atoms with Crippen LogP contribution in [-0.4, -0.2) is 11.1 Å². The second kappa shape index (κ2) is 11.1. The number of hydrogen-bond acceptors (Lipinski definition) is 2. The molecule has 0 saturated heterocycles. The summed E-state index contributed by atoms with van der Waals surface area (Å²) in [5, 5.41) is 11.8. The van der Waals surface area contributed by atoms with Crippen molar-refractivity contribution in [3.8, 4) is 22.3 Å². The number of carboxylic acid groups (broad SMARTS) is 1. The first-order valence-electron chi connectivity index (χ1n) is 13.4. The standard InChI is InChI=1S/C36H25F3O3/c37-36(38,39)29-6-3-5-24(22-29)21-28(35(40)41)16-13-23-11-14-25(15-12-23)26-17-19-27(20-18-26)30-8-4-9-32-31-7-1-2-10-33(31)42-34(30)32/h1-20,22,28H,21H2,(H,40,41)/b16-13+. The number of alkyl halides is 3. The van der Waals surface area contributed by atoms with Gasteiger partial charge in [0.15, 0.2) is 0 Å². The molecule has 3 nitrogen and oxygen atoms in total. The summed E-state index contributed by atoms with van der Waals surface area (Å²) in [5.74, 6) is -2.06. The molecule has 1 unspecified atom stereocenters. The summed E-state index contributed by atoms with van der Waals surface area (Å²) >= 11 is 0. The van der Waals surface area contributed by atoms with Gasteiger partial charge in [0, 0.05) is 16.3 Å². The maximum atomic E-state index is 13.0. The predicted octanol–water partition coefficient (Wildman–Crippen LogP) is 9.90. The predicted molar refractivity (Wildman–Crippen MR) is 160 cm³/mol. The van der Waals surface area contributed by atoms with Crippen LogP contribution in [0.4, 0.5) is 13.2 Å². The molecule has 6 rings (SSSR count). The number of fused-ring (bicyclic) bond motifs is 3. The summed E-state index contributed by atoms with van der Waals surface area (Å²) in [6.45, 7) is 0. The van der Waals surface area contributed by atoms with Gasteiger partial charge in [0.25, 0.3) is 0 Å². The minimum atomic E-state index is -4.48. The Bertz CT molecular complexity index is 1910. The SMILES string of the molecule is O=C(O)C(/C=C/c1ccc(-c2ccc(-c3cccc4c3oc3ccccc34)cc2)cc1)Cc1cccc(C(F)(F)F)c1. The molecule has 0 spiro atoms. The van der Waals surface area contributed by atoms with Crippen molar-refractivity contribution in [2.24, 2.45) is 5.92 Å². The summed E-state index contributed by atoms with van der Waals surface area (Å²) in [6, 6.07) is 34.9. The Morgan fingerprint density at radius 1 is 0.762 bits per heavy atom. The van der Waals surface area contributed by atoms with Gasteiger partial charge in [-0.1, -0.05) is 115 Å². The third-order valence-electron chi connectivity index (χ3n) is 7.39. The summed E-state index contributed by atoms with van der Waals surface area (Å²) in [7, 11) is 0. The van der Waals surface area contributed by atoms with E-state index < -0.39 is 23.6 Å². The van der Waals surface area contributed by atoms with E-state index in [0.717, 1.165) is 61.9 Å². The van der Waals surface area contributed by atoms with Crippen molar-refractivity contribution < 1.29 is 27.5 Å². The molecule has 0 aliphatic carbocycles. The van der Waals surface area contributed by atoms with E-state index in [-0.39, 0.29) is 6.42 Å². The van der Waals surface area contributed by atoms with Gasteiger partial charge in [0.05, 0.1) is 11.5 Å². The Morgan fingerprint density at radius 2 is 1.40 bits per heavy atom. The molecule has 5 aromatic carbocycles. The van der Waals surface area contributed by atoms with Crippen LogP contribution < -0.4 is 0 Å². The smallest absolute Gasteiger partial charge is 0.416 e. The van der Waals surface area contributed by atoms with E-state index in [1.54, 1.807) is 6.08 Å². The zero-order valence-electron chi connectivity index (χ0n) is 22.3. The van der Waals surface area contributed by atoms with Crippen LogP contribution in [0.2, 0.25) is 0 Å². The summed E-state index contributed by atoms with van der Waals surface area (Å²) < 4.78 is 45.3. The van der Waals surface area contributed by atoms with Gasteiger partial charge in [0.2, 0.25) is 0 Å². The third kappa shape index (κ3) is 5.56. The summed E-state index contributed by atoms with van der Waals surface area (Å²) in [6.07, 6.45) is -1.31. The molecule has 208 valence electrons. The Labute approximate surface area is 240 Å². The van der Waals surface area contributed by atoms with Crippen LogP contribution in [0.3, 0.4) is 0 Å². The van der Waals surface area contributed by atoms with Gasteiger partial charge in [-0.05, 0) is 46.4 Å². The minimum absolute atomic E-state index is 0.0397. The molecular weight excluding hydrogens is 537 g/mol. The summed E-state index contributed by atoms with van der Waals surface area (Å²) in [5.41, 5.74) is 6.13. The van der Waals surface area contributed by atoms with Gasteiger partial charge in [-0.3, -0.25) is 4.79 Å². The molecule has 42 heavy (non-hydrogen) atoms. The normalized spacial score (nSPS) is 12.7. The lowest BCUT2D eigenvalue weighted by atomic mass is 9.96. The maximum Gasteiger partial charge on any atom is 0.416 e. The number of carbonyl (C=O) groups is 1. The van der Waals surface area contributed by atoms with E-state index in [1.807, 2.05) is 48.5 Å². The van der Waals surface area contributed by atoms with Crippen LogP contribution in [0.25, 0.3) is 50.3 Å². The monoisotopic (exact) mass is 562 g/mol. The average Bonchev–Trinajstić information content (AvgIpc) is 3.38. The molecule has 1 aromatic heterocycles. The molecule has 0 bridgehead atoms. The maximum absolute atomic E-state index is 13.0. The summed E-state index contributed by atoms with van der Waals surface area (Å²) in [4.78, 5) is 11.8. The Hall–Kier alpha value is -5.10. The molecule has 6 aromatic rings. The molecule has 0 fully saturated rings. The van der Waals surface area contributed by atoms with Crippen molar-refractivity contribution in [2.75, 3.05) is 0 Å². The van der Waals surface area contributed by atoms with Gasteiger partial charge in [-0.2, -0.15) is 13.2 Å². The second-order valence-electron chi connectivity index (χ2n) is 10.2. The van der Waals surface area contributed by atoms with Gasteiger partial charge in [0.1, 0.15) is 11.2 Å². The quantitative estimate of drug-likeness (QED) is 0.211. The van der Waals surface area contributed by atoms with Crippen LogP contribution in [-0.2, 0) is 17.4 Å². The fraction of sp³-hybridized carbons (Fsp3) is 0.0833. The zero-order chi connectivity index (χ0) is 29.3. The Kier molecular flexibility index (Phi) is 7.13. The highest BCUT2D eigenvalue weighted by Crippen LogP contribution is 2.36. The number of aliphatic carboxylic acids is 1. The zero-order valence-corrected chi connectivity index (χ0v) is 22.3. The van der Waals surface area contributed by atoms with Crippen molar-refractivity contribution in [3.05, 3.63) is 138 Å².